The minimum atomic E-state index is -0.211. The molecule has 0 amide bonds. The number of carbonyl (C=O) groups excluding carboxylic acids is 2. The van der Waals surface area contributed by atoms with Crippen LogP contribution in [0.3, 0.4) is 0 Å². The quantitative estimate of drug-likeness (QED) is 0.468. The fourth-order valence-electron chi connectivity index (χ4n) is 1.24. The third-order valence-corrected chi connectivity index (χ3v) is 1.95. The molecule has 0 saturated carbocycles. The number of hydrogen-bond donors (Lipinski definition) is 0. The van der Waals surface area contributed by atoms with E-state index in [4.69, 9.17) is 4.74 Å². The molecule has 1 aliphatic rings. The molecule has 0 aromatic heterocycles. The first kappa shape index (κ1) is 9.89. The first-order chi connectivity index (χ1) is 6.09. The number of ether oxygens (including phenoxy) is 1. The van der Waals surface area contributed by atoms with Crippen LogP contribution in [-0.4, -0.2) is 30.1 Å². The summed E-state index contributed by atoms with van der Waals surface area (Å²) in [6, 6.07) is -0.0541. The minimum Gasteiger partial charge on any atom is -0.460 e. The molecule has 0 aliphatic carbocycles. The highest BCUT2D eigenvalue weighted by Crippen LogP contribution is 2.17. The third kappa shape index (κ3) is 2.97. The molecule has 0 aromatic carbocycles. The average molecular weight is 183 g/mol. The Hall–Kier alpha value is -1.19. The van der Waals surface area contributed by atoms with Gasteiger partial charge in [-0.3, -0.25) is 14.6 Å². The van der Waals surface area contributed by atoms with Gasteiger partial charge in [0.1, 0.15) is 6.10 Å². The minimum absolute atomic E-state index is 0.0541. The van der Waals surface area contributed by atoms with Crippen LogP contribution in [0.25, 0.3) is 0 Å². The lowest BCUT2D eigenvalue weighted by molar-refractivity contribution is -0.153. The van der Waals surface area contributed by atoms with Crippen molar-refractivity contribution in [3.63, 3.8) is 0 Å². The van der Waals surface area contributed by atoms with Crippen molar-refractivity contribution >= 4 is 18.0 Å². The molecule has 0 spiro atoms. The van der Waals surface area contributed by atoms with Gasteiger partial charge in [0.25, 0.3) is 0 Å². The van der Waals surface area contributed by atoms with E-state index in [1.807, 2.05) is 0 Å². The van der Waals surface area contributed by atoms with E-state index in [2.05, 4.69) is 4.99 Å². The first-order valence-electron chi connectivity index (χ1n) is 4.33. The van der Waals surface area contributed by atoms with E-state index in [0.29, 0.717) is 12.8 Å². The molecular formula is C9H13NO3. The van der Waals surface area contributed by atoms with Crippen LogP contribution in [-0.2, 0) is 14.3 Å². The lowest BCUT2D eigenvalue weighted by Gasteiger charge is -2.25. The number of carbonyl (C=O) groups is 2. The zero-order valence-corrected chi connectivity index (χ0v) is 7.82. The van der Waals surface area contributed by atoms with Gasteiger partial charge in [0.15, 0.2) is 5.78 Å². The molecule has 1 fully saturated rings. The van der Waals surface area contributed by atoms with Crippen LogP contribution >= 0.6 is 0 Å². The Bertz CT molecular complexity index is 247. The van der Waals surface area contributed by atoms with Crippen LogP contribution in [0.5, 0.6) is 0 Å². The summed E-state index contributed by atoms with van der Waals surface area (Å²) < 4.78 is 4.97. The van der Waals surface area contributed by atoms with E-state index in [-0.39, 0.29) is 23.9 Å². The Labute approximate surface area is 77.0 Å². The van der Waals surface area contributed by atoms with Crippen LogP contribution in [0.1, 0.15) is 26.7 Å². The van der Waals surface area contributed by atoms with Crippen LogP contribution in [0.15, 0.2) is 4.99 Å². The van der Waals surface area contributed by atoms with Crippen LogP contribution in [0, 0.1) is 0 Å². The predicted molar refractivity (Wildman–Crippen MR) is 47.7 cm³/mol. The van der Waals surface area contributed by atoms with E-state index >= 15 is 0 Å². The molecule has 2 unspecified atom stereocenters. The number of ketones is 1. The number of cyclic esters (lactones) is 1. The molecule has 72 valence electrons. The molecule has 0 aromatic rings. The number of nitrogens with zero attached hydrogens (tertiary/aromatic N) is 1. The van der Waals surface area contributed by atoms with Gasteiger partial charge in [-0.15, -0.1) is 0 Å². The van der Waals surface area contributed by atoms with E-state index in [9.17, 15) is 9.59 Å². The van der Waals surface area contributed by atoms with Crippen molar-refractivity contribution in [1.82, 2.24) is 0 Å². The lowest BCUT2D eigenvalue weighted by Crippen LogP contribution is -2.33. The molecule has 4 heteroatoms. The van der Waals surface area contributed by atoms with Crippen molar-refractivity contribution in [3.05, 3.63) is 0 Å². The fraction of sp³-hybridized carbons (Fsp3) is 0.667. The number of Topliss-reactive ketones (excluding diaryl/α,β-unsaturated/α-hetero) is 1. The van der Waals surface area contributed by atoms with Gasteiger partial charge in [-0.2, -0.15) is 0 Å². The number of aliphatic imine (C=N–C) groups is 1. The lowest BCUT2D eigenvalue weighted by atomic mass is 10.0. The van der Waals surface area contributed by atoms with Crippen molar-refractivity contribution < 1.29 is 14.3 Å². The summed E-state index contributed by atoms with van der Waals surface area (Å²) in [4.78, 5) is 25.5. The Balaban J connectivity index is 2.51. The van der Waals surface area contributed by atoms with Gasteiger partial charge in [0.2, 0.25) is 0 Å². The molecule has 2 atom stereocenters. The SMILES string of the molecule is CC(=O)/C=N\C1CCC(=O)OC1C. The maximum Gasteiger partial charge on any atom is 0.306 e. The number of esters is 1. The molecule has 1 rings (SSSR count). The zero-order chi connectivity index (χ0) is 9.84. The van der Waals surface area contributed by atoms with Crippen molar-refractivity contribution in [2.75, 3.05) is 0 Å². The molecule has 4 nitrogen and oxygen atoms in total. The number of rotatable bonds is 2. The van der Waals surface area contributed by atoms with Crippen molar-refractivity contribution in [2.45, 2.75) is 38.8 Å². The van der Waals surface area contributed by atoms with E-state index in [1.54, 1.807) is 6.92 Å². The fourth-order valence-corrected chi connectivity index (χ4v) is 1.24. The largest absolute Gasteiger partial charge is 0.460 e. The summed E-state index contributed by atoms with van der Waals surface area (Å²) >= 11 is 0. The maximum absolute atomic E-state index is 10.8. The van der Waals surface area contributed by atoms with Gasteiger partial charge in [0, 0.05) is 13.3 Å². The first-order valence-corrected chi connectivity index (χ1v) is 4.33. The highest BCUT2D eigenvalue weighted by Gasteiger charge is 2.26. The summed E-state index contributed by atoms with van der Waals surface area (Å²) in [7, 11) is 0. The van der Waals surface area contributed by atoms with Crippen molar-refractivity contribution in [3.8, 4) is 0 Å². The molecular weight excluding hydrogens is 170 g/mol. The molecule has 0 radical (unpaired) electrons. The summed E-state index contributed by atoms with van der Waals surface area (Å²) in [5.41, 5.74) is 0. The summed E-state index contributed by atoms with van der Waals surface area (Å²) in [6.07, 6.45) is 2.14. The van der Waals surface area contributed by atoms with Crippen molar-refractivity contribution in [1.29, 1.82) is 0 Å². The van der Waals surface area contributed by atoms with Gasteiger partial charge in [0.05, 0.1) is 12.3 Å². The second kappa shape index (κ2) is 4.16. The molecule has 1 saturated heterocycles. The van der Waals surface area contributed by atoms with Gasteiger partial charge in [-0.1, -0.05) is 0 Å². The second-order valence-electron chi connectivity index (χ2n) is 3.19. The standard InChI is InChI=1S/C9H13NO3/c1-6(11)5-10-8-3-4-9(12)13-7(8)2/h5,7-8H,3-4H2,1-2H3/b10-5-. The van der Waals surface area contributed by atoms with Gasteiger partial charge < -0.3 is 4.74 Å². The van der Waals surface area contributed by atoms with Crippen LogP contribution in [0.4, 0.5) is 0 Å². The molecule has 13 heavy (non-hydrogen) atoms. The molecule has 1 aliphatic heterocycles. The summed E-state index contributed by atoms with van der Waals surface area (Å²) in [6.45, 7) is 3.24. The van der Waals surface area contributed by atoms with Gasteiger partial charge >= 0.3 is 5.97 Å². The topological polar surface area (TPSA) is 55.7 Å². The normalized spacial score (nSPS) is 28.9. The Morgan fingerprint density at radius 2 is 2.38 bits per heavy atom. The highest BCUT2D eigenvalue weighted by atomic mass is 16.5. The maximum atomic E-state index is 10.8. The highest BCUT2D eigenvalue weighted by molar-refractivity contribution is 6.26. The molecule has 1 heterocycles. The van der Waals surface area contributed by atoms with E-state index < -0.39 is 0 Å². The Morgan fingerprint density at radius 1 is 1.69 bits per heavy atom. The number of hydrogen-bond acceptors (Lipinski definition) is 4. The van der Waals surface area contributed by atoms with Crippen LogP contribution < -0.4 is 0 Å². The summed E-state index contributed by atoms with van der Waals surface area (Å²) in [5, 5.41) is 0. The second-order valence-corrected chi connectivity index (χ2v) is 3.19. The van der Waals surface area contributed by atoms with E-state index in [1.165, 1.54) is 13.1 Å². The monoisotopic (exact) mass is 183 g/mol. The molecule has 0 bridgehead atoms. The third-order valence-electron chi connectivity index (χ3n) is 1.95. The Morgan fingerprint density at radius 3 is 2.92 bits per heavy atom. The smallest absolute Gasteiger partial charge is 0.306 e. The van der Waals surface area contributed by atoms with Crippen LogP contribution in [0.2, 0.25) is 0 Å². The predicted octanol–water partition coefficient (Wildman–Crippen LogP) is 0.740. The molecule has 0 N–H and O–H groups in total. The van der Waals surface area contributed by atoms with Gasteiger partial charge in [-0.05, 0) is 13.3 Å². The summed E-state index contributed by atoms with van der Waals surface area (Å²) in [5.74, 6) is -0.258. The Kier molecular flexibility index (Phi) is 3.17. The van der Waals surface area contributed by atoms with E-state index in [0.717, 1.165) is 0 Å². The van der Waals surface area contributed by atoms with Crippen molar-refractivity contribution in [2.24, 2.45) is 4.99 Å². The zero-order valence-electron chi connectivity index (χ0n) is 7.82. The van der Waals surface area contributed by atoms with Gasteiger partial charge in [-0.25, -0.2) is 0 Å². The average Bonchev–Trinajstić information content (AvgIpc) is 2.02.